The van der Waals surface area contributed by atoms with E-state index >= 15 is 0 Å². The largest absolute Gasteiger partial charge is 0.433 e. The summed E-state index contributed by atoms with van der Waals surface area (Å²) in [6.07, 6.45) is 0.0279. The molecule has 0 radical (unpaired) electrons. The first kappa shape index (κ1) is 24.0. The quantitative estimate of drug-likeness (QED) is 0.325. The molecule has 186 valence electrons. The summed E-state index contributed by atoms with van der Waals surface area (Å²) in [5, 5.41) is 16.4. The van der Waals surface area contributed by atoms with Crippen molar-refractivity contribution in [2.45, 2.75) is 33.1 Å². The Morgan fingerprint density at radius 2 is 2.06 bits per heavy atom. The molecule has 0 atom stereocenters. The van der Waals surface area contributed by atoms with E-state index in [2.05, 4.69) is 25.6 Å². The summed E-state index contributed by atoms with van der Waals surface area (Å²) >= 11 is 7.55. The molecule has 0 bridgehead atoms. The maximum Gasteiger partial charge on any atom is 0.433 e. The lowest BCUT2D eigenvalue weighted by atomic mass is 10.2. The van der Waals surface area contributed by atoms with Gasteiger partial charge in [-0.05, 0) is 31.4 Å². The van der Waals surface area contributed by atoms with E-state index in [1.165, 1.54) is 17.5 Å². The van der Waals surface area contributed by atoms with Crippen LogP contribution in [0.1, 0.15) is 34.4 Å². The van der Waals surface area contributed by atoms with E-state index in [4.69, 9.17) is 11.6 Å². The van der Waals surface area contributed by atoms with Gasteiger partial charge in [-0.15, -0.1) is 11.3 Å². The van der Waals surface area contributed by atoms with Gasteiger partial charge in [0.25, 0.3) is 5.91 Å². The van der Waals surface area contributed by atoms with Crippen LogP contribution in [0.2, 0.25) is 5.02 Å². The summed E-state index contributed by atoms with van der Waals surface area (Å²) < 4.78 is 45.5. The Morgan fingerprint density at radius 3 is 2.72 bits per heavy atom. The lowest BCUT2D eigenvalue weighted by molar-refractivity contribution is -0.142. The standard InChI is InChI=1S/C22H18ClF3N8OS/c1-3-33-12(2)13(8-28-33)10-32-11-14(9-27-32)29-21(35)19-18(23)20-30-15(16-5-4-6-36-16)7-17(22(24,25)26)34(20)31-19/h4-9,11H,3,10H2,1-2H3,(H,29,35). The van der Waals surface area contributed by atoms with Gasteiger partial charge in [0.15, 0.2) is 17.0 Å². The van der Waals surface area contributed by atoms with Gasteiger partial charge < -0.3 is 5.32 Å². The fraction of sp³-hybridized carbons (Fsp3) is 0.227. The van der Waals surface area contributed by atoms with Crippen LogP contribution in [-0.2, 0) is 19.3 Å². The van der Waals surface area contributed by atoms with Crippen LogP contribution in [0.5, 0.6) is 0 Å². The molecular formula is C22H18ClF3N8OS. The molecule has 14 heteroatoms. The molecule has 0 aliphatic rings. The molecule has 5 aromatic heterocycles. The zero-order valence-electron chi connectivity index (χ0n) is 18.9. The second-order valence-electron chi connectivity index (χ2n) is 7.85. The van der Waals surface area contributed by atoms with Gasteiger partial charge in [0.05, 0.1) is 35.2 Å². The van der Waals surface area contributed by atoms with Crippen molar-refractivity contribution in [2.24, 2.45) is 0 Å². The number of amides is 1. The Hall–Kier alpha value is -3.71. The molecule has 0 spiro atoms. The SMILES string of the molecule is CCn1ncc(Cn2cc(NC(=O)c3nn4c(C(F)(F)F)cc(-c5cccs5)nc4c3Cl)cn2)c1C. The number of hydrogen-bond donors (Lipinski definition) is 1. The number of alkyl halides is 3. The number of nitrogens with one attached hydrogen (secondary N) is 1. The molecule has 0 saturated carbocycles. The molecule has 1 amide bonds. The van der Waals surface area contributed by atoms with Gasteiger partial charge in [0.2, 0.25) is 0 Å². The van der Waals surface area contributed by atoms with Crippen LogP contribution >= 0.6 is 22.9 Å². The third kappa shape index (κ3) is 4.35. The van der Waals surface area contributed by atoms with E-state index in [0.29, 0.717) is 21.6 Å². The predicted octanol–water partition coefficient (Wildman–Crippen LogP) is 5.15. The van der Waals surface area contributed by atoms with Gasteiger partial charge in [-0.2, -0.15) is 28.5 Å². The van der Waals surface area contributed by atoms with Crippen molar-refractivity contribution in [3.05, 3.63) is 69.8 Å². The van der Waals surface area contributed by atoms with Crippen LogP contribution in [-0.4, -0.2) is 40.1 Å². The molecule has 0 fully saturated rings. The smallest absolute Gasteiger partial charge is 0.318 e. The number of rotatable bonds is 6. The molecule has 5 aromatic rings. The molecule has 0 unspecified atom stereocenters. The van der Waals surface area contributed by atoms with E-state index in [0.717, 1.165) is 23.9 Å². The fourth-order valence-corrected chi connectivity index (χ4v) is 4.66. The van der Waals surface area contributed by atoms with Gasteiger partial charge in [0, 0.05) is 24.0 Å². The van der Waals surface area contributed by atoms with Crippen molar-refractivity contribution in [2.75, 3.05) is 5.32 Å². The molecule has 1 N–H and O–H groups in total. The molecule has 5 heterocycles. The second kappa shape index (κ2) is 9.06. The summed E-state index contributed by atoms with van der Waals surface area (Å²) in [4.78, 5) is 17.7. The van der Waals surface area contributed by atoms with E-state index in [-0.39, 0.29) is 22.1 Å². The van der Waals surface area contributed by atoms with Crippen LogP contribution in [0.3, 0.4) is 0 Å². The van der Waals surface area contributed by atoms with Crippen molar-refractivity contribution in [3.63, 3.8) is 0 Å². The molecule has 0 aliphatic carbocycles. The summed E-state index contributed by atoms with van der Waals surface area (Å²) in [6.45, 7) is 5.12. The van der Waals surface area contributed by atoms with Crippen LogP contribution in [0, 0.1) is 6.92 Å². The van der Waals surface area contributed by atoms with Gasteiger partial charge in [-0.25, -0.2) is 9.50 Å². The van der Waals surface area contributed by atoms with Crippen LogP contribution in [0.25, 0.3) is 16.2 Å². The molecule has 5 rings (SSSR count). The van der Waals surface area contributed by atoms with E-state index < -0.39 is 17.8 Å². The minimum Gasteiger partial charge on any atom is -0.318 e. The van der Waals surface area contributed by atoms with Crippen molar-refractivity contribution in [1.29, 1.82) is 0 Å². The molecule has 36 heavy (non-hydrogen) atoms. The van der Waals surface area contributed by atoms with E-state index in [1.54, 1.807) is 34.6 Å². The average molecular weight is 535 g/mol. The summed E-state index contributed by atoms with van der Waals surface area (Å²) in [5.74, 6) is -0.786. The number of aromatic nitrogens is 7. The lowest BCUT2D eigenvalue weighted by Gasteiger charge is -2.10. The molecule has 0 aromatic carbocycles. The Labute approximate surface area is 211 Å². The van der Waals surface area contributed by atoms with E-state index in [9.17, 15) is 18.0 Å². The average Bonchev–Trinajstić information content (AvgIpc) is 3.62. The Bertz CT molecular complexity index is 1570. The van der Waals surface area contributed by atoms with Gasteiger partial charge >= 0.3 is 6.18 Å². The highest BCUT2D eigenvalue weighted by Gasteiger charge is 2.37. The Morgan fingerprint density at radius 1 is 1.25 bits per heavy atom. The molecular weight excluding hydrogens is 517 g/mol. The first-order valence-corrected chi connectivity index (χ1v) is 12.0. The zero-order chi connectivity index (χ0) is 25.6. The first-order chi connectivity index (χ1) is 17.2. The number of nitrogens with zero attached hydrogens (tertiary/aromatic N) is 7. The minimum absolute atomic E-state index is 0.0848. The monoisotopic (exact) mass is 534 g/mol. The van der Waals surface area contributed by atoms with Gasteiger partial charge in [0.1, 0.15) is 5.02 Å². The van der Waals surface area contributed by atoms with Crippen LogP contribution in [0.15, 0.2) is 42.2 Å². The fourth-order valence-electron chi connectivity index (χ4n) is 3.73. The number of halogens is 4. The number of hydrogen-bond acceptors (Lipinski definition) is 6. The van der Waals surface area contributed by atoms with Crippen molar-refractivity contribution >= 4 is 40.2 Å². The highest BCUT2D eigenvalue weighted by Crippen LogP contribution is 2.35. The molecule has 0 saturated heterocycles. The first-order valence-electron chi connectivity index (χ1n) is 10.7. The normalized spacial score (nSPS) is 11.9. The second-order valence-corrected chi connectivity index (χ2v) is 9.18. The number of carbonyl (C=O) groups is 1. The third-order valence-corrected chi connectivity index (χ3v) is 6.78. The topological polar surface area (TPSA) is 94.9 Å². The van der Waals surface area contributed by atoms with Crippen molar-refractivity contribution in [1.82, 2.24) is 34.2 Å². The highest BCUT2D eigenvalue weighted by molar-refractivity contribution is 7.13. The lowest BCUT2D eigenvalue weighted by Crippen LogP contribution is -2.15. The maximum absolute atomic E-state index is 13.8. The summed E-state index contributed by atoms with van der Waals surface area (Å²) in [7, 11) is 0. The Kier molecular flexibility index (Phi) is 6.04. The minimum atomic E-state index is -4.75. The third-order valence-electron chi connectivity index (χ3n) is 5.54. The van der Waals surface area contributed by atoms with Gasteiger partial charge in [-0.3, -0.25) is 14.2 Å². The number of carbonyl (C=O) groups excluding carboxylic acids is 1. The molecule has 0 aliphatic heterocycles. The van der Waals surface area contributed by atoms with Crippen LogP contribution < -0.4 is 5.32 Å². The van der Waals surface area contributed by atoms with Gasteiger partial charge in [-0.1, -0.05) is 17.7 Å². The number of fused-ring (bicyclic) bond motifs is 1. The zero-order valence-corrected chi connectivity index (χ0v) is 20.5. The van der Waals surface area contributed by atoms with Crippen molar-refractivity contribution in [3.8, 4) is 10.6 Å². The predicted molar refractivity (Wildman–Crippen MR) is 128 cm³/mol. The maximum atomic E-state index is 13.8. The highest BCUT2D eigenvalue weighted by atomic mass is 35.5. The van der Waals surface area contributed by atoms with Crippen LogP contribution in [0.4, 0.5) is 18.9 Å². The Balaban J connectivity index is 1.44. The summed E-state index contributed by atoms with van der Waals surface area (Å²) in [6, 6.07) is 4.23. The number of aryl methyl sites for hydroxylation is 1. The summed E-state index contributed by atoms with van der Waals surface area (Å²) in [5.41, 5.74) is 0.648. The van der Waals surface area contributed by atoms with Crippen molar-refractivity contribution < 1.29 is 18.0 Å². The number of anilines is 1. The van der Waals surface area contributed by atoms with E-state index in [1.807, 2.05) is 18.5 Å². The number of thiophene rings is 1. The molecule has 9 nitrogen and oxygen atoms in total.